The summed E-state index contributed by atoms with van der Waals surface area (Å²) in [5.74, 6) is -0.0258. The van der Waals surface area contributed by atoms with E-state index >= 15 is 0 Å². The van der Waals surface area contributed by atoms with Gasteiger partial charge in [0.2, 0.25) is 0 Å². The molecule has 0 amide bonds. The molecule has 0 radical (unpaired) electrons. The van der Waals surface area contributed by atoms with Gasteiger partial charge in [-0.25, -0.2) is 14.5 Å². The Bertz CT molecular complexity index is 546. The topological polar surface area (TPSA) is 74.1 Å². The Kier molecular flexibility index (Phi) is 3.29. The van der Waals surface area contributed by atoms with Gasteiger partial charge in [-0.05, 0) is 6.92 Å². The summed E-state index contributed by atoms with van der Waals surface area (Å²) in [6, 6.07) is 0. The first-order valence-electron chi connectivity index (χ1n) is 4.87. The molecular weight excluding hydrogens is 242 g/mol. The number of ether oxygens (including phenoxy) is 1. The van der Waals surface area contributed by atoms with Crippen molar-refractivity contribution in [3.05, 3.63) is 28.3 Å². The zero-order chi connectivity index (χ0) is 12.3. The summed E-state index contributed by atoms with van der Waals surface area (Å²) in [5, 5.41) is 3.97. The molecule has 88 valence electrons. The monoisotopic (exact) mass is 251 g/mol. The van der Waals surface area contributed by atoms with Crippen LogP contribution >= 0.6 is 11.3 Å². The Labute approximate surface area is 101 Å². The molecule has 0 saturated carbocycles. The van der Waals surface area contributed by atoms with Gasteiger partial charge >= 0.3 is 5.97 Å². The molecule has 0 fully saturated rings. The molecule has 7 heteroatoms. The number of aromatic nitrogens is 3. The van der Waals surface area contributed by atoms with Crippen LogP contribution in [0.5, 0.6) is 0 Å². The highest BCUT2D eigenvalue weighted by molar-refractivity contribution is 7.11. The lowest BCUT2D eigenvalue weighted by molar-refractivity contribution is 0.0526. The maximum Gasteiger partial charge on any atom is 0.341 e. The van der Waals surface area contributed by atoms with E-state index in [1.807, 2.05) is 0 Å². The van der Waals surface area contributed by atoms with Crippen molar-refractivity contribution in [2.24, 2.45) is 0 Å². The smallest absolute Gasteiger partial charge is 0.341 e. The zero-order valence-corrected chi connectivity index (χ0v) is 9.81. The summed E-state index contributed by atoms with van der Waals surface area (Å²) >= 11 is 1.22. The molecule has 0 aromatic carbocycles. The molecule has 2 aromatic heterocycles. The van der Waals surface area contributed by atoms with Crippen LogP contribution < -0.4 is 0 Å². The number of rotatable bonds is 4. The quantitative estimate of drug-likeness (QED) is 0.605. The molecule has 0 bridgehead atoms. The van der Waals surface area contributed by atoms with E-state index in [0.717, 1.165) is 0 Å². The molecule has 0 aliphatic carbocycles. The van der Waals surface area contributed by atoms with Gasteiger partial charge in [-0.15, -0.1) is 11.3 Å². The van der Waals surface area contributed by atoms with E-state index in [-0.39, 0.29) is 0 Å². The first-order valence-corrected chi connectivity index (χ1v) is 5.75. The van der Waals surface area contributed by atoms with E-state index < -0.39 is 5.97 Å². The Hall–Kier alpha value is -2.02. The number of carbonyl (C=O) groups excluding carboxylic acids is 2. The number of hydrogen-bond acceptors (Lipinski definition) is 6. The number of thiazole rings is 1. The largest absolute Gasteiger partial charge is 0.462 e. The molecule has 2 heterocycles. The van der Waals surface area contributed by atoms with Gasteiger partial charge in [-0.1, -0.05) is 0 Å². The fourth-order valence-corrected chi connectivity index (χ4v) is 1.83. The number of aldehydes is 1. The van der Waals surface area contributed by atoms with Gasteiger partial charge in [-0.3, -0.25) is 4.79 Å². The molecular formula is C10H9N3O3S. The second kappa shape index (κ2) is 4.88. The Balaban J connectivity index is 2.30. The van der Waals surface area contributed by atoms with Crippen LogP contribution in [0.25, 0.3) is 5.82 Å². The van der Waals surface area contributed by atoms with Crippen LogP contribution in [-0.4, -0.2) is 33.6 Å². The predicted molar refractivity (Wildman–Crippen MR) is 60.6 cm³/mol. The van der Waals surface area contributed by atoms with Gasteiger partial charge in [-0.2, -0.15) is 5.10 Å². The highest BCUT2D eigenvalue weighted by Crippen LogP contribution is 2.15. The van der Waals surface area contributed by atoms with Crippen LogP contribution in [-0.2, 0) is 4.74 Å². The summed E-state index contributed by atoms with van der Waals surface area (Å²) in [4.78, 5) is 26.6. The van der Waals surface area contributed by atoms with Crippen molar-refractivity contribution in [3.63, 3.8) is 0 Å². The average Bonchev–Trinajstić information content (AvgIpc) is 2.97. The maximum absolute atomic E-state index is 11.4. The van der Waals surface area contributed by atoms with Gasteiger partial charge in [0.05, 0.1) is 23.9 Å². The van der Waals surface area contributed by atoms with Crippen molar-refractivity contribution in [3.8, 4) is 5.82 Å². The van der Waals surface area contributed by atoms with Gasteiger partial charge in [0.15, 0.2) is 12.1 Å². The fourth-order valence-electron chi connectivity index (χ4n) is 1.26. The third kappa shape index (κ3) is 2.23. The van der Waals surface area contributed by atoms with Gasteiger partial charge in [0.1, 0.15) is 4.88 Å². The summed E-state index contributed by atoms with van der Waals surface area (Å²) in [6.45, 7) is 2.04. The van der Waals surface area contributed by atoms with Crippen molar-refractivity contribution in [1.29, 1.82) is 0 Å². The van der Waals surface area contributed by atoms with Crippen LogP contribution in [0, 0.1) is 0 Å². The molecule has 2 aromatic rings. The van der Waals surface area contributed by atoms with Crippen molar-refractivity contribution in [1.82, 2.24) is 14.8 Å². The van der Waals surface area contributed by atoms with E-state index in [2.05, 4.69) is 10.1 Å². The van der Waals surface area contributed by atoms with Crippen LogP contribution in [0.1, 0.15) is 27.0 Å². The van der Waals surface area contributed by atoms with Crippen molar-refractivity contribution in [2.75, 3.05) is 6.61 Å². The third-order valence-electron chi connectivity index (χ3n) is 1.99. The van der Waals surface area contributed by atoms with Crippen molar-refractivity contribution in [2.45, 2.75) is 6.92 Å². The number of nitrogens with zero attached hydrogens (tertiary/aromatic N) is 3. The van der Waals surface area contributed by atoms with Crippen LogP contribution in [0.15, 0.2) is 17.9 Å². The lowest BCUT2D eigenvalue weighted by Gasteiger charge is -1.97. The van der Waals surface area contributed by atoms with Crippen LogP contribution in [0.4, 0.5) is 0 Å². The number of carbonyl (C=O) groups is 2. The molecule has 0 aliphatic rings. The molecule has 0 aliphatic heterocycles. The van der Waals surface area contributed by atoms with Crippen LogP contribution in [0.2, 0.25) is 0 Å². The zero-order valence-electron chi connectivity index (χ0n) is 8.99. The van der Waals surface area contributed by atoms with E-state index in [9.17, 15) is 9.59 Å². The Morgan fingerprint density at radius 1 is 1.65 bits per heavy atom. The summed E-state index contributed by atoms with van der Waals surface area (Å²) in [5.41, 5.74) is 1.88. The van der Waals surface area contributed by atoms with E-state index in [4.69, 9.17) is 4.74 Å². The second-order valence-corrected chi connectivity index (χ2v) is 3.94. The van der Waals surface area contributed by atoms with Gasteiger partial charge < -0.3 is 4.74 Å². The fraction of sp³-hybridized carbons (Fsp3) is 0.200. The Morgan fingerprint density at radius 2 is 2.47 bits per heavy atom. The average molecular weight is 251 g/mol. The number of hydrogen-bond donors (Lipinski definition) is 0. The Morgan fingerprint density at radius 3 is 3.18 bits per heavy atom. The van der Waals surface area contributed by atoms with Crippen molar-refractivity contribution < 1.29 is 14.3 Å². The van der Waals surface area contributed by atoms with E-state index in [1.54, 1.807) is 12.4 Å². The molecule has 0 saturated heterocycles. The lowest BCUT2D eigenvalue weighted by Crippen LogP contribution is -2.03. The molecule has 0 atom stereocenters. The first kappa shape index (κ1) is 11.5. The molecule has 0 spiro atoms. The maximum atomic E-state index is 11.4. The highest BCUT2D eigenvalue weighted by Gasteiger charge is 2.13. The second-order valence-electron chi connectivity index (χ2n) is 3.05. The van der Waals surface area contributed by atoms with Gasteiger partial charge in [0, 0.05) is 6.20 Å². The molecule has 17 heavy (non-hydrogen) atoms. The number of esters is 1. The molecule has 0 N–H and O–H groups in total. The third-order valence-corrected chi connectivity index (χ3v) is 2.74. The minimum absolute atomic E-state index is 0.306. The summed E-state index contributed by atoms with van der Waals surface area (Å²) < 4.78 is 6.22. The van der Waals surface area contributed by atoms with Crippen molar-refractivity contribution >= 4 is 23.6 Å². The predicted octanol–water partition coefficient (Wildman–Crippen LogP) is 1.32. The highest BCUT2D eigenvalue weighted by atomic mass is 32.1. The first-order chi connectivity index (χ1) is 8.26. The van der Waals surface area contributed by atoms with Crippen LogP contribution in [0.3, 0.4) is 0 Å². The molecule has 2 rings (SSSR count). The molecule has 6 nitrogen and oxygen atoms in total. The van der Waals surface area contributed by atoms with Gasteiger partial charge in [0.25, 0.3) is 0 Å². The lowest BCUT2D eigenvalue weighted by atomic mass is 10.4. The van der Waals surface area contributed by atoms with E-state index in [0.29, 0.717) is 29.2 Å². The summed E-state index contributed by atoms with van der Waals surface area (Å²) in [6.07, 6.45) is 3.57. The minimum Gasteiger partial charge on any atom is -0.462 e. The van der Waals surface area contributed by atoms with E-state index in [1.165, 1.54) is 28.4 Å². The summed E-state index contributed by atoms with van der Waals surface area (Å²) in [7, 11) is 0. The standard InChI is InChI=1S/C10H9N3O3S/c1-2-16-10(15)7-3-12-13(4-7)9-8(5-14)17-6-11-9/h3-6H,2H2,1H3. The molecule has 0 unspecified atom stereocenters. The SMILES string of the molecule is CCOC(=O)c1cnn(-c2ncsc2C=O)c1. The minimum atomic E-state index is -0.443. The normalized spacial score (nSPS) is 10.2.